The van der Waals surface area contributed by atoms with E-state index in [1.54, 1.807) is 18.2 Å². The Labute approximate surface area is 163 Å². The summed E-state index contributed by atoms with van der Waals surface area (Å²) in [5.74, 6) is -1.10. The topological polar surface area (TPSA) is 85.8 Å². The van der Waals surface area contributed by atoms with Crippen LogP contribution in [0.25, 0.3) is 0 Å². The summed E-state index contributed by atoms with van der Waals surface area (Å²) in [7, 11) is 3.90. The third kappa shape index (κ3) is 5.67. The van der Waals surface area contributed by atoms with Crippen molar-refractivity contribution in [2.75, 3.05) is 43.9 Å². The number of anilines is 2. The maximum absolute atomic E-state index is 12.3. The Hall–Kier alpha value is -2.64. The van der Waals surface area contributed by atoms with Gasteiger partial charge >= 0.3 is 5.97 Å². The molecule has 2 N–H and O–H groups in total. The van der Waals surface area contributed by atoms with E-state index < -0.39 is 5.97 Å². The van der Waals surface area contributed by atoms with E-state index in [2.05, 4.69) is 10.3 Å². The number of amides is 1. The number of nitrogens with zero attached hydrogens (tertiary/aromatic N) is 3. The first kappa shape index (κ1) is 20.7. The lowest BCUT2D eigenvalue weighted by molar-refractivity contribution is 0.0696. The first-order valence-electron chi connectivity index (χ1n) is 8.51. The minimum absolute atomic E-state index is 0.0412. The lowest BCUT2D eigenvalue weighted by Gasteiger charge is -2.25. The van der Waals surface area contributed by atoms with Crippen LogP contribution in [0.2, 0.25) is 5.02 Å². The zero-order chi connectivity index (χ0) is 20.0. The van der Waals surface area contributed by atoms with Crippen molar-refractivity contribution in [3.63, 3.8) is 0 Å². The van der Waals surface area contributed by atoms with E-state index in [1.807, 2.05) is 30.8 Å². The number of hydrogen-bond donors (Lipinski definition) is 2. The molecule has 1 amide bonds. The molecule has 0 bridgehead atoms. The Morgan fingerprint density at radius 3 is 2.56 bits per heavy atom. The number of carbonyl (C=O) groups excluding carboxylic acids is 1. The van der Waals surface area contributed by atoms with Crippen molar-refractivity contribution in [3.05, 3.63) is 52.7 Å². The standard InChI is InChI=1S/C19H23ClN4O3/c1-4-24(9-8-23(2)3)17-16(19(26)27)11-15(12-21-17)22-18(25)13-6-5-7-14(20)10-13/h5-7,10-12H,4,8-9H2,1-3H3,(H,22,25)(H,26,27). The van der Waals surface area contributed by atoms with Gasteiger partial charge in [0.1, 0.15) is 11.4 Å². The Morgan fingerprint density at radius 2 is 1.96 bits per heavy atom. The van der Waals surface area contributed by atoms with Gasteiger partial charge < -0.3 is 20.2 Å². The molecule has 0 saturated carbocycles. The van der Waals surface area contributed by atoms with Crippen molar-refractivity contribution < 1.29 is 14.7 Å². The zero-order valence-corrected chi connectivity index (χ0v) is 16.3. The average Bonchev–Trinajstić information content (AvgIpc) is 2.62. The van der Waals surface area contributed by atoms with E-state index in [1.165, 1.54) is 18.3 Å². The third-order valence-corrected chi connectivity index (χ3v) is 4.18. The highest BCUT2D eigenvalue weighted by Crippen LogP contribution is 2.22. The number of benzene rings is 1. The smallest absolute Gasteiger partial charge is 0.339 e. The molecule has 0 spiro atoms. The first-order chi connectivity index (χ1) is 12.8. The minimum Gasteiger partial charge on any atom is -0.478 e. The van der Waals surface area contributed by atoms with Crippen molar-refractivity contribution in [1.29, 1.82) is 0 Å². The fraction of sp³-hybridized carbons (Fsp3) is 0.316. The molecular formula is C19H23ClN4O3. The number of aromatic nitrogens is 1. The van der Waals surface area contributed by atoms with Crippen molar-refractivity contribution >= 4 is 35.0 Å². The Kier molecular flexibility index (Phi) is 7.15. The van der Waals surface area contributed by atoms with Crippen molar-refractivity contribution in [2.45, 2.75) is 6.92 Å². The summed E-state index contributed by atoms with van der Waals surface area (Å²) in [5, 5.41) is 12.7. The van der Waals surface area contributed by atoms with Crippen molar-refractivity contribution in [3.8, 4) is 0 Å². The molecule has 0 saturated heterocycles. The van der Waals surface area contributed by atoms with Crippen LogP contribution in [-0.2, 0) is 0 Å². The number of carboxylic acids is 1. The highest BCUT2D eigenvalue weighted by molar-refractivity contribution is 6.31. The second kappa shape index (κ2) is 9.34. The van der Waals surface area contributed by atoms with Crippen molar-refractivity contribution in [1.82, 2.24) is 9.88 Å². The minimum atomic E-state index is -1.10. The molecule has 0 unspecified atom stereocenters. The summed E-state index contributed by atoms with van der Waals surface area (Å²) in [4.78, 5) is 32.3. The molecular weight excluding hydrogens is 368 g/mol. The van der Waals surface area contributed by atoms with E-state index in [0.717, 1.165) is 6.54 Å². The predicted molar refractivity (Wildman–Crippen MR) is 107 cm³/mol. The third-order valence-electron chi connectivity index (χ3n) is 3.94. The molecule has 0 aliphatic rings. The largest absolute Gasteiger partial charge is 0.478 e. The molecule has 1 heterocycles. The number of aromatic carboxylic acids is 1. The second-order valence-corrected chi connectivity index (χ2v) is 6.68. The molecule has 8 heteroatoms. The van der Waals surface area contributed by atoms with Crippen LogP contribution in [0.4, 0.5) is 11.5 Å². The van der Waals surface area contributed by atoms with E-state index in [9.17, 15) is 14.7 Å². The van der Waals surface area contributed by atoms with Gasteiger partial charge in [0.25, 0.3) is 5.91 Å². The van der Waals surface area contributed by atoms with Gasteiger partial charge in [0, 0.05) is 30.2 Å². The summed E-state index contributed by atoms with van der Waals surface area (Å²) in [6.45, 7) is 3.97. The molecule has 0 fully saturated rings. The van der Waals surface area contributed by atoms with Crippen LogP contribution in [0.15, 0.2) is 36.5 Å². The van der Waals surface area contributed by atoms with Gasteiger partial charge in [0.05, 0.1) is 11.9 Å². The van der Waals surface area contributed by atoms with E-state index in [0.29, 0.717) is 35.2 Å². The van der Waals surface area contributed by atoms with Gasteiger partial charge in [-0.25, -0.2) is 9.78 Å². The molecule has 2 aromatic rings. The van der Waals surface area contributed by atoms with E-state index in [4.69, 9.17) is 11.6 Å². The molecule has 144 valence electrons. The van der Waals surface area contributed by atoms with Crippen LogP contribution >= 0.6 is 11.6 Å². The SMILES string of the molecule is CCN(CCN(C)C)c1ncc(NC(=O)c2cccc(Cl)c2)cc1C(=O)O. The predicted octanol–water partition coefficient (Wildman–Crippen LogP) is 3.07. The summed E-state index contributed by atoms with van der Waals surface area (Å²) in [6.07, 6.45) is 1.46. The van der Waals surface area contributed by atoms with Crippen LogP contribution in [0.3, 0.4) is 0 Å². The average molecular weight is 391 g/mol. The van der Waals surface area contributed by atoms with Gasteiger partial charge in [-0.3, -0.25) is 4.79 Å². The highest BCUT2D eigenvalue weighted by atomic mass is 35.5. The molecule has 7 nitrogen and oxygen atoms in total. The van der Waals surface area contributed by atoms with Gasteiger partial charge in [-0.15, -0.1) is 0 Å². The number of hydrogen-bond acceptors (Lipinski definition) is 5. The zero-order valence-electron chi connectivity index (χ0n) is 15.6. The molecule has 0 atom stereocenters. The summed E-state index contributed by atoms with van der Waals surface area (Å²) >= 11 is 5.90. The van der Waals surface area contributed by atoms with Gasteiger partial charge in [-0.2, -0.15) is 0 Å². The van der Waals surface area contributed by atoms with Crippen LogP contribution in [-0.4, -0.2) is 60.6 Å². The lowest BCUT2D eigenvalue weighted by Crippen LogP contribution is -2.33. The van der Waals surface area contributed by atoms with E-state index >= 15 is 0 Å². The molecule has 0 radical (unpaired) electrons. The first-order valence-corrected chi connectivity index (χ1v) is 8.89. The van der Waals surface area contributed by atoms with Crippen LogP contribution < -0.4 is 10.2 Å². The number of nitrogens with one attached hydrogen (secondary N) is 1. The molecule has 2 rings (SSSR count). The quantitative estimate of drug-likeness (QED) is 0.720. The number of pyridine rings is 1. The molecule has 1 aromatic heterocycles. The number of likely N-dealkylation sites (N-methyl/N-ethyl adjacent to an activating group) is 2. The maximum Gasteiger partial charge on any atom is 0.339 e. The van der Waals surface area contributed by atoms with Crippen LogP contribution in [0.1, 0.15) is 27.6 Å². The summed E-state index contributed by atoms with van der Waals surface area (Å²) in [5.41, 5.74) is 0.730. The van der Waals surface area contributed by atoms with Gasteiger partial charge in [-0.05, 0) is 45.3 Å². The number of carboxylic acid groups (broad SMARTS) is 1. The van der Waals surface area contributed by atoms with Gasteiger partial charge in [0.15, 0.2) is 0 Å². The number of halogens is 1. The second-order valence-electron chi connectivity index (χ2n) is 6.25. The van der Waals surface area contributed by atoms with Gasteiger partial charge in [-0.1, -0.05) is 17.7 Å². The number of rotatable bonds is 8. The van der Waals surface area contributed by atoms with Crippen molar-refractivity contribution in [2.24, 2.45) is 0 Å². The molecule has 0 aliphatic carbocycles. The molecule has 27 heavy (non-hydrogen) atoms. The summed E-state index contributed by atoms with van der Waals surface area (Å²) in [6, 6.07) is 7.93. The summed E-state index contributed by atoms with van der Waals surface area (Å²) < 4.78 is 0. The monoisotopic (exact) mass is 390 g/mol. The molecule has 0 aliphatic heterocycles. The van der Waals surface area contributed by atoms with Crippen LogP contribution in [0.5, 0.6) is 0 Å². The van der Waals surface area contributed by atoms with Gasteiger partial charge in [0.2, 0.25) is 0 Å². The fourth-order valence-corrected chi connectivity index (χ4v) is 2.69. The number of carbonyl (C=O) groups is 2. The highest BCUT2D eigenvalue weighted by Gasteiger charge is 2.18. The normalized spacial score (nSPS) is 10.7. The molecule has 1 aromatic carbocycles. The van der Waals surface area contributed by atoms with E-state index in [-0.39, 0.29) is 11.5 Å². The maximum atomic E-state index is 12.3. The fourth-order valence-electron chi connectivity index (χ4n) is 2.50. The Balaban J connectivity index is 2.26. The Morgan fingerprint density at radius 1 is 1.22 bits per heavy atom. The lowest BCUT2D eigenvalue weighted by atomic mass is 10.2. The van der Waals surface area contributed by atoms with Crippen LogP contribution in [0, 0.1) is 0 Å². The Bertz CT molecular complexity index is 826.